The molecule has 2 saturated heterocycles. The zero-order valence-corrected chi connectivity index (χ0v) is 24.4. The molecule has 2 atom stereocenters. The third-order valence-electron chi connectivity index (χ3n) is 7.88. The SMILES string of the molecule is CC(=O)C1Oc2ccc(C(=O)N3CC4(C)CN(C(=O)c5ccc6c(c5Cl)OC(C(C)=O)O6)CC(C)(C3)C4)c(Cl)c2O1. The lowest BCUT2D eigenvalue weighted by molar-refractivity contribution is -0.132. The van der Waals surface area contributed by atoms with Crippen molar-refractivity contribution in [1.82, 2.24) is 9.80 Å². The summed E-state index contributed by atoms with van der Waals surface area (Å²) in [5, 5.41) is 0.201. The summed E-state index contributed by atoms with van der Waals surface area (Å²) in [6, 6.07) is 6.33. The average Bonchev–Trinajstić information content (AvgIpc) is 3.53. The van der Waals surface area contributed by atoms with Gasteiger partial charge in [-0.25, -0.2) is 0 Å². The highest BCUT2D eigenvalue weighted by Crippen LogP contribution is 2.49. The number of piperidine rings is 2. The van der Waals surface area contributed by atoms with E-state index >= 15 is 0 Å². The van der Waals surface area contributed by atoms with Crippen LogP contribution >= 0.6 is 23.2 Å². The minimum atomic E-state index is -1.09. The van der Waals surface area contributed by atoms with Gasteiger partial charge in [0.15, 0.2) is 23.0 Å². The Hall–Kier alpha value is -3.50. The topological polar surface area (TPSA) is 112 Å². The third kappa shape index (κ3) is 4.67. The monoisotopic (exact) mass is 602 g/mol. The summed E-state index contributed by atoms with van der Waals surface area (Å²) in [4.78, 5) is 54.5. The van der Waals surface area contributed by atoms with Crippen LogP contribution in [0.4, 0.5) is 0 Å². The number of fused-ring (bicyclic) bond motifs is 4. The van der Waals surface area contributed by atoms with Crippen LogP contribution in [0, 0.1) is 10.8 Å². The van der Waals surface area contributed by atoms with Gasteiger partial charge in [0.1, 0.15) is 0 Å². The molecule has 4 heterocycles. The molecule has 41 heavy (non-hydrogen) atoms. The lowest BCUT2D eigenvalue weighted by Crippen LogP contribution is -2.64. The van der Waals surface area contributed by atoms with Gasteiger partial charge < -0.3 is 28.7 Å². The standard InChI is InChI=1S/C29H28Cl2N2O8/c1-14(34)26-38-18-7-5-16(20(30)22(18)40-26)24(36)32-10-28(3)9-29(4,11-32)13-33(12-28)25(37)17-6-8-19-23(21(17)31)41-27(39-19)15(2)35/h5-8,26-27H,9-13H2,1-4H3. The van der Waals surface area contributed by atoms with Gasteiger partial charge in [0, 0.05) is 50.9 Å². The fraction of sp³-hybridized carbons (Fsp3) is 0.448. The van der Waals surface area contributed by atoms with E-state index in [1.165, 1.54) is 13.8 Å². The molecule has 2 fully saturated rings. The number of halogens is 2. The van der Waals surface area contributed by atoms with Crippen molar-refractivity contribution in [2.75, 3.05) is 26.2 Å². The molecular formula is C29H28Cl2N2O8. The number of hydrogen-bond donors (Lipinski definition) is 0. The van der Waals surface area contributed by atoms with E-state index in [-0.39, 0.29) is 56.1 Å². The maximum absolute atomic E-state index is 13.7. The Balaban J connectivity index is 1.21. The average molecular weight is 603 g/mol. The van der Waals surface area contributed by atoms with Crippen molar-refractivity contribution in [1.29, 1.82) is 0 Å². The van der Waals surface area contributed by atoms with Gasteiger partial charge in [-0.3, -0.25) is 19.2 Å². The first-order valence-electron chi connectivity index (χ1n) is 13.2. The maximum Gasteiger partial charge on any atom is 0.300 e. The van der Waals surface area contributed by atoms with Gasteiger partial charge >= 0.3 is 12.6 Å². The minimum Gasteiger partial charge on any atom is -0.444 e. The summed E-state index contributed by atoms with van der Waals surface area (Å²) in [6.45, 7) is 8.43. The second-order valence-electron chi connectivity index (χ2n) is 12.0. The van der Waals surface area contributed by atoms with Crippen molar-refractivity contribution < 1.29 is 38.1 Å². The highest BCUT2D eigenvalue weighted by molar-refractivity contribution is 6.36. The summed E-state index contributed by atoms with van der Waals surface area (Å²) in [5.74, 6) is -0.151. The van der Waals surface area contributed by atoms with Gasteiger partial charge in [0.2, 0.25) is 11.6 Å². The largest absolute Gasteiger partial charge is 0.444 e. The summed E-state index contributed by atoms with van der Waals surface area (Å²) < 4.78 is 22.1. The number of likely N-dealkylation sites (tertiary alicyclic amines) is 2. The van der Waals surface area contributed by atoms with E-state index in [2.05, 4.69) is 13.8 Å². The minimum absolute atomic E-state index is 0.101. The Morgan fingerprint density at radius 1 is 0.683 bits per heavy atom. The number of rotatable bonds is 4. The molecular weight excluding hydrogens is 575 g/mol. The zero-order chi connectivity index (χ0) is 29.4. The summed E-state index contributed by atoms with van der Waals surface area (Å²) in [5.41, 5.74) is -0.285. The number of amides is 2. The Labute approximate surface area is 246 Å². The first-order chi connectivity index (χ1) is 19.3. The van der Waals surface area contributed by atoms with E-state index in [4.69, 9.17) is 42.1 Å². The van der Waals surface area contributed by atoms with Gasteiger partial charge in [-0.05, 0) is 30.7 Å². The number of nitrogens with zero attached hydrogens (tertiary/aromatic N) is 2. The number of carbonyl (C=O) groups is 4. The van der Waals surface area contributed by atoms with Crippen LogP contribution in [0.15, 0.2) is 24.3 Å². The van der Waals surface area contributed by atoms with Crippen molar-refractivity contribution in [2.45, 2.75) is 46.7 Å². The van der Waals surface area contributed by atoms with Crippen LogP contribution in [-0.2, 0) is 9.59 Å². The molecule has 0 aliphatic carbocycles. The molecule has 0 aromatic heterocycles. The summed E-state index contributed by atoms with van der Waals surface area (Å²) >= 11 is 13.2. The van der Waals surface area contributed by atoms with Gasteiger partial charge in [0.05, 0.1) is 21.2 Å². The Bertz CT molecular complexity index is 1400. The molecule has 4 aliphatic rings. The molecule has 0 radical (unpaired) electrons. The van der Waals surface area contributed by atoms with E-state index in [0.29, 0.717) is 37.7 Å². The van der Waals surface area contributed by atoms with Crippen LogP contribution in [0.3, 0.4) is 0 Å². The second kappa shape index (κ2) is 9.52. The van der Waals surface area contributed by atoms with Crippen molar-refractivity contribution in [3.05, 3.63) is 45.4 Å². The van der Waals surface area contributed by atoms with Crippen LogP contribution in [0.25, 0.3) is 0 Å². The summed E-state index contributed by atoms with van der Waals surface area (Å²) in [7, 11) is 0. The number of ketones is 2. The van der Waals surface area contributed by atoms with E-state index in [1.807, 2.05) is 0 Å². The summed E-state index contributed by atoms with van der Waals surface area (Å²) in [6.07, 6.45) is -1.35. The molecule has 216 valence electrons. The first-order valence-corrected chi connectivity index (χ1v) is 13.9. The molecule has 0 spiro atoms. The van der Waals surface area contributed by atoms with Crippen LogP contribution < -0.4 is 18.9 Å². The number of hydrogen-bond acceptors (Lipinski definition) is 8. The molecule has 2 unspecified atom stereocenters. The molecule has 2 bridgehead atoms. The normalized spacial score (nSPS) is 27.6. The predicted molar refractivity (Wildman–Crippen MR) is 147 cm³/mol. The molecule has 10 nitrogen and oxygen atoms in total. The molecule has 2 aromatic carbocycles. The van der Waals surface area contributed by atoms with Gasteiger partial charge in [-0.1, -0.05) is 37.0 Å². The molecule has 2 aromatic rings. The lowest BCUT2D eigenvalue weighted by atomic mass is 9.65. The van der Waals surface area contributed by atoms with Gasteiger partial charge in [-0.15, -0.1) is 0 Å². The third-order valence-corrected chi connectivity index (χ3v) is 8.63. The molecule has 2 amide bonds. The van der Waals surface area contributed by atoms with Gasteiger partial charge in [-0.2, -0.15) is 0 Å². The molecule has 4 aliphatic heterocycles. The van der Waals surface area contributed by atoms with Crippen molar-refractivity contribution in [3.8, 4) is 23.0 Å². The first kappa shape index (κ1) is 27.7. The van der Waals surface area contributed by atoms with E-state index in [0.717, 1.165) is 6.42 Å². The number of carbonyl (C=O) groups excluding carboxylic acids is 4. The fourth-order valence-electron chi connectivity index (χ4n) is 6.57. The second-order valence-corrected chi connectivity index (χ2v) is 12.7. The molecule has 0 saturated carbocycles. The maximum atomic E-state index is 13.7. The number of benzene rings is 2. The predicted octanol–water partition coefficient (Wildman–Crippen LogP) is 4.38. The van der Waals surface area contributed by atoms with Crippen LogP contribution in [0.2, 0.25) is 10.0 Å². The number of ether oxygens (including phenoxy) is 4. The molecule has 0 N–H and O–H groups in total. The zero-order valence-electron chi connectivity index (χ0n) is 22.9. The smallest absolute Gasteiger partial charge is 0.300 e. The van der Waals surface area contributed by atoms with Crippen LogP contribution in [0.5, 0.6) is 23.0 Å². The van der Waals surface area contributed by atoms with E-state index < -0.39 is 23.4 Å². The Morgan fingerprint density at radius 2 is 1.05 bits per heavy atom. The van der Waals surface area contributed by atoms with Crippen molar-refractivity contribution in [3.63, 3.8) is 0 Å². The van der Waals surface area contributed by atoms with Crippen molar-refractivity contribution >= 4 is 46.6 Å². The highest BCUT2D eigenvalue weighted by Gasteiger charge is 2.51. The van der Waals surface area contributed by atoms with Crippen LogP contribution in [0.1, 0.15) is 54.8 Å². The highest BCUT2D eigenvalue weighted by atomic mass is 35.5. The lowest BCUT2D eigenvalue weighted by Gasteiger charge is -2.56. The molecule has 6 rings (SSSR count). The van der Waals surface area contributed by atoms with E-state index in [9.17, 15) is 19.2 Å². The van der Waals surface area contributed by atoms with E-state index in [1.54, 1.807) is 34.1 Å². The quantitative estimate of drug-likeness (QED) is 0.507. The number of Topliss-reactive ketones (excluding diaryl/α,β-unsaturated/α-hetero) is 2. The van der Waals surface area contributed by atoms with Gasteiger partial charge in [0.25, 0.3) is 11.8 Å². The Kier molecular flexibility index (Phi) is 6.42. The molecule has 12 heteroatoms. The van der Waals surface area contributed by atoms with Crippen LogP contribution in [-0.4, -0.2) is 71.9 Å². The fourth-order valence-corrected chi connectivity index (χ4v) is 7.14. The van der Waals surface area contributed by atoms with Crippen molar-refractivity contribution in [2.24, 2.45) is 10.8 Å². The Morgan fingerprint density at radius 3 is 1.39 bits per heavy atom.